The lowest BCUT2D eigenvalue weighted by atomic mass is 10.1. The van der Waals surface area contributed by atoms with Gasteiger partial charge in [0.2, 0.25) is 0 Å². The highest BCUT2D eigenvalue weighted by molar-refractivity contribution is 6.04. The van der Waals surface area contributed by atoms with Crippen molar-refractivity contribution in [1.29, 1.82) is 0 Å². The molecule has 0 aliphatic carbocycles. The molecule has 0 atom stereocenters. The van der Waals surface area contributed by atoms with Crippen molar-refractivity contribution in [3.8, 4) is 5.75 Å². The number of carbonyl (C=O) groups is 1. The van der Waals surface area contributed by atoms with Gasteiger partial charge >= 0.3 is 0 Å². The Morgan fingerprint density at radius 2 is 1.78 bits per heavy atom. The van der Waals surface area contributed by atoms with E-state index in [1.807, 2.05) is 43.3 Å². The standard InChI is InChI=1S/C22H23N3O2/c1-4-27-20-11-6-5-10-18(20)25-22(26)19-14-17(12-13-23-19)24-21-15(2)8-7-9-16(21)3/h5-14H,4H2,1-3H3,(H,23,24)(H,25,26). The van der Waals surface area contributed by atoms with Crippen LogP contribution in [0.15, 0.2) is 60.8 Å². The number of anilines is 3. The first kappa shape index (κ1) is 18.5. The van der Waals surface area contributed by atoms with E-state index in [-0.39, 0.29) is 5.91 Å². The van der Waals surface area contributed by atoms with E-state index >= 15 is 0 Å². The molecule has 0 unspecified atom stereocenters. The van der Waals surface area contributed by atoms with E-state index in [0.29, 0.717) is 23.7 Å². The number of nitrogens with one attached hydrogen (secondary N) is 2. The summed E-state index contributed by atoms with van der Waals surface area (Å²) in [5.41, 5.74) is 5.09. The van der Waals surface area contributed by atoms with Crippen molar-refractivity contribution in [2.24, 2.45) is 0 Å². The quantitative estimate of drug-likeness (QED) is 0.642. The van der Waals surface area contributed by atoms with Crippen LogP contribution in [0.4, 0.5) is 17.1 Å². The minimum atomic E-state index is -0.285. The summed E-state index contributed by atoms with van der Waals surface area (Å²) in [7, 11) is 0. The molecule has 5 nitrogen and oxygen atoms in total. The summed E-state index contributed by atoms with van der Waals surface area (Å²) < 4.78 is 5.56. The van der Waals surface area contributed by atoms with E-state index in [1.165, 1.54) is 0 Å². The van der Waals surface area contributed by atoms with E-state index in [2.05, 4.69) is 41.6 Å². The lowest BCUT2D eigenvalue weighted by molar-refractivity contribution is 0.102. The number of aromatic nitrogens is 1. The van der Waals surface area contributed by atoms with E-state index in [4.69, 9.17) is 4.74 Å². The molecule has 3 rings (SSSR count). The Hall–Kier alpha value is -3.34. The highest BCUT2D eigenvalue weighted by Gasteiger charge is 2.12. The van der Waals surface area contributed by atoms with Crippen LogP contribution in [-0.4, -0.2) is 17.5 Å². The van der Waals surface area contributed by atoms with Gasteiger partial charge in [0.1, 0.15) is 11.4 Å². The van der Waals surface area contributed by atoms with Gasteiger partial charge in [-0.3, -0.25) is 9.78 Å². The van der Waals surface area contributed by atoms with Crippen molar-refractivity contribution < 1.29 is 9.53 Å². The number of hydrogen-bond donors (Lipinski definition) is 2. The molecule has 138 valence electrons. The molecule has 0 saturated carbocycles. The molecule has 0 aliphatic heterocycles. The summed E-state index contributed by atoms with van der Waals surface area (Å²) in [5, 5.41) is 6.26. The molecular formula is C22H23N3O2. The van der Waals surface area contributed by atoms with E-state index in [0.717, 1.165) is 22.5 Å². The van der Waals surface area contributed by atoms with Crippen LogP contribution in [0, 0.1) is 13.8 Å². The summed E-state index contributed by atoms with van der Waals surface area (Å²) in [4.78, 5) is 16.9. The summed E-state index contributed by atoms with van der Waals surface area (Å²) in [6.45, 7) is 6.53. The summed E-state index contributed by atoms with van der Waals surface area (Å²) in [6.07, 6.45) is 1.62. The number of benzene rings is 2. The Kier molecular flexibility index (Phi) is 5.71. The molecule has 27 heavy (non-hydrogen) atoms. The Bertz CT molecular complexity index is 934. The summed E-state index contributed by atoms with van der Waals surface area (Å²) >= 11 is 0. The number of nitrogens with zero attached hydrogens (tertiary/aromatic N) is 1. The molecular weight excluding hydrogens is 338 g/mol. The van der Waals surface area contributed by atoms with E-state index < -0.39 is 0 Å². The monoisotopic (exact) mass is 361 g/mol. The molecule has 3 aromatic rings. The van der Waals surface area contributed by atoms with Gasteiger partial charge in [0.15, 0.2) is 0 Å². The second kappa shape index (κ2) is 8.36. The molecule has 0 bridgehead atoms. The average molecular weight is 361 g/mol. The van der Waals surface area contributed by atoms with Crippen molar-refractivity contribution in [3.63, 3.8) is 0 Å². The first-order valence-electron chi connectivity index (χ1n) is 8.91. The maximum absolute atomic E-state index is 12.7. The summed E-state index contributed by atoms with van der Waals surface area (Å²) in [6, 6.07) is 17.1. The topological polar surface area (TPSA) is 63.2 Å². The molecule has 5 heteroatoms. The van der Waals surface area contributed by atoms with E-state index in [1.54, 1.807) is 12.3 Å². The maximum Gasteiger partial charge on any atom is 0.274 e. The molecule has 1 amide bonds. The third kappa shape index (κ3) is 4.44. The van der Waals surface area contributed by atoms with Gasteiger partial charge < -0.3 is 15.4 Å². The second-order valence-corrected chi connectivity index (χ2v) is 6.20. The van der Waals surface area contributed by atoms with Crippen LogP contribution in [0.25, 0.3) is 0 Å². The number of aryl methyl sites for hydroxylation is 2. The lowest BCUT2D eigenvalue weighted by Gasteiger charge is -2.14. The average Bonchev–Trinajstić information content (AvgIpc) is 2.67. The molecule has 0 spiro atoms. The van der Waals surface area contributed by atoms with Gasteiger partial charge in [-0.1, -0.05) is 30.3 Å². The third-order valence-electron chi connectivity index (χ3n) is 4.18. The van der Waals surface area contributed by atoms with Gasteiger partial charge in [-0.05, 0) is 56.2 Å². The second-order valence-electron chi connectivity index (χ2n) is 6.20. The van der Waals surface area contributed by atoms with Gasteiger partial charge in [0, 0.05) is 17.6 Å². The zero-order valence-electron chi connectivity index (χ0n) is 15.7. The van der Waals surface area contributed by atoms with E-state index in [9.17, 15) is 4.79 Å². The predicted octanol–water partition coefficient (Wildman–Crippen LogP) is 5.09. The van der Waals surface area contributed by atoms with Crippen molar-refractivity contribution in [2.75, 3.05) is 17.2 Å². The number of rotatable bonds is 6. The van der Waals surface area contributed by atoms with Crippen molar-refractivity contribution >= 4 is 23.0 Å². The highest BCUT2D eigenvalue weighted by Crippen LogP contribution is 2.26. The fourth-order valence-electron chi connectivity index (χ4n) is 2.83. The largest absolute Gasteiger partial charge is 0.492 e. The van der Waals surface area contributed by atoms with Crippen molar-refractivity contribution in [2.45, 2.75) is 20.8 Å². The van der Waals surface area contributed by atoms with Crippen LogP contribution in [0.1, 0.15) is 28.5 Å². The lowest BCUT2D eigenvalue weighted by Crippen LogP contribution is -2.14. The number of ether oxygens (including phenoxy) is 1. The Labute approximate surface area is 159 Å². The van der Waals surface area contributed by atoms with Crippen LogP contribution < -0.4 is 15.4 Å². The minimum Gasteiger partial charge on any atom is -0.492 e. The van der Waals surface area contributed by atoms with Crippen LogP contribution in [0.3, 0.4) is 0 Å². The Morgan fingerprint density at radius 3 is 2.52 bits per heavy atom. The zero-order valence-corrected chi connectivity index (χ0v) is 15.7. The number of para-hydroxylation sites is 3. The molecule has 0 fully saturated rings. The van der Waals surface area contributed by atoms with Gasteiger partial charge in [-0.25, -0.2) is 0 Å². The Morgan fingerprint density at radius 1 is 1.04 bits per heavy atom. The number of amides is 1. The van der Waals surface area contributed by atoms with Crippen LogP contribution >= 0.6 is 0 Å². The maximum atomic E-state index is 12.7. The normalized spacial score (nSPS) is 10.3. The van der Waals surface area contributed by atoms with Crippen LogP contribution in [0.5, 0.6) is 5.75 Å². The zero-order chi connectivity index (χ0) is 19.2. The first-order chi connectivity index (χ1) is 13.1. The van der Waals surface area contributed by atoms with Gasteiger partial charge in [-0.15, -0.1) is 0 Å². The van der Waals surface area contributed by atoms with Gasteiger partial charge in [0.05, 0.1) is 12.3 Å². The molecule has 0 radical (unpaired) electrons. The SMILES string of the molecule is CCOc1ccccc1NC(=O)c1cc(Nc2c(C)cccc2C)ccn1. The van der Waals surface area contributed by atoms with Crippen LogP contribution in [0.2, 0.25) is 0 Å². The molecule has 2 N–H and O–H groups in total. The highest BCUT2D eigenvalue weighted by atomic mass is 16.5. The number of pyridine rings is 1. The number of hydrogen-bond acceptors (Lipinski definition) is 4. The van der Waals surface area contributed by atoms with Crippen molar-refractivity contribution in [1.82, 2.24) is 4.98 Å². The molecule has 0 aliphatic rings. The fraction of sp³-hybridized carbons (Fsp3) is 0.182. The van der Waals surface area contributed by atoms with Crippen LogP contribution in [-0.2, 0) is 0 Å². The third-order valence-corrected chi connectivity index (χ3v) is 4.18. The Balaban J connectivity index is 1.80. The van der Waals surface area contributed by atoms with Gasteiger partial charge in [0.25, 0.3) is 5.91 Å². The predicted molar refractivity (Wildman–Crippen MR) is 109 cm³/mol. The van der Waals surface area contributed by atoms with Crippen molar-refractivity contribution in [3.05, 3.63) is 77.6 Å². The smallest absolute Gasteiger partial charge is 0.274 e. The number of carbonyl (C=O) groups excluding carboxylic acids is 1. The molecule has 0 saturated heterocycles. The fourth-order valence-corrected chi connectivity index (χ4v) is 2.83. The van der Waals surface area contributed by atoms with Gasteiger partial charge in [-0.2, -0.15) is 0 Å². The molecule has 2 aromatic carbocycles. The minimum absolute atomic E-state index is 0.285. The summed E-state index contributed by atoms with van der Waals surface area (Å²) in [5.74, 6) is 0.352. The molecule has 1 aromatic heterocycles. The first-order valence-corrected chi connectivity index (χ1v) is 8.91. The molecule has 1 heterocycles.